The van der Waals surface area contributed by atoms with Gasteiger partial charge in [-0.2, -0.15) is 0 Å². The molecule has 7 heteroatoms. The number of aryl methyl sites for hydroxylation is 1. The number of nitrogens with one attached hydrogen (secondary N) is 1. The summed E-state index contributed by atoms with van der Waals surface area (Å²) >= 11 is 0. The molecule has 1 amide bonds. The van der Waals surface area contributed by atoms with Crippen LogP contribution in [-0.4, -0.2) is 27.4 Å². The highest BCUT2D eigenvalue weighted by Gasteiger charge is 2.20. The van der Waals surface area contributed by atoms with E-state index in [4.69, 9.17) is 4.74 Å². The first-order valence-corrected chi connectivity index (χ1v) is 10.3. The molecule has 0 saturated carbocycles. The first kappa shape index (κ1) is 20.9. The van der Waals surface area contributed by atoms with E-state index in [0.29, 0.717) is 42.1 Å². The van der Waals surface area contributed by atoms with Crippen molar-refractivity contribution in [1.82, 2.24) is 14.9 Å². The fraction of sp³-hybridized carbons (Fsp3) is 0.292. The number of aromatic amines is 1. The average molecular weight is 421 g/mol. The van der Waals surface area contributed by atoms with Crippen molar-refractivity contribution in [1.29, 1.82) is 0 Å². The average Bonchev–Trinajstić information content (AvgIpc) is 2.79. The van der Waals surface area contributed by atoms with E-state index in [0.717, 1.165) is 5.56 Å². The van der Waals surface area contributed by atoms with Crippen molar-refractivity contribution in [3.8, 4) is 0 Å². The Bertz CT molecular complexity index is 1110. The SMILES string of the molecule is O=C(CCc1ccccc1)N(Cc1nc2c(c(=O)[nH]1)COCC2)Cc1ccccc1F. The predicted octanol–water partition coefficient (Wildman–Crippen LogP) is 3.14. The second-order valence-corrected chi connectivity index (χ2v) is 7.57. The molecule has 6 nitrogen and oxygen atoms in total. The molecule has 0 aliphatic carbocycles. The summed E-state index contributed by atoms with van der Waals surface area (Å²) in [5, 5.41) is 0. The van der Waals surface area contributed by atoms with Gasteiger partial charge >= 0.3 is 0 Å². The van der Waals surface area contributed by atoms with Gasteiger partial charge in [0.05, 0.1) is 31.0 Å². The summed E-state index contributed by atoms with van der Waals surface area (Å²) in [4.78, 5) is 34.4. The van der Waals surface area contributed by atoms with Crippen LogP contribution < -0.4 is 5.56 Å². The van der Waals surface area contributed by atoms with Crippen LogP contribution in [0.3, 0.4) is 0 Å². The molecule has 0 bridgehead atoms. The van der Waals surface area contributed by atoms with Crippen molar-refractivity contribution < 1.29 is 13.9 Å². The van der Waals surface area contributed by atoms with Gasteiger partial charge < -0.3 is 14.6 Å². The number of nitrogens with zero attached hydrogens (tertiary/aromatic N) is 2. The zero-order chi connectivity index (χ0) is 21.6. The molecule has 0 unspecified atom stereocenters. The molecule has 160 valence electrons. The lowest BCUT2D eigenvalue weighted by Crippen LogP contribution is -2.33. The second kappa shape index (κ2) is 9.66. The third-order valence-electron chi connectivity index (χ3n) is 5.36. The van der Waals surface area contributed by atoms with Crippen LogP contribution in [0, 0.1) is 5.82 Å². The third-order valence-corrected chi connectivity index (χ3v) is 5.36. The van der Waals surface area contributed by atoms with Crippen LogP contribution in [0.15, 0.2) is 59.4 Å². The van der Waals surface area contributed by atoms with Crippen LogP contribution in [0.5, 0.6) is 0 Å². The Balaban J connectivity index is 1.56. The van der Waals surface area contributed by atoms with Crippen LogP contribution in [0.25, 0.3) is 0 Å². The summed E-state index contributed by atoms with van der Waals surface area (Å²) < 4.78 is 19.6. The molecule has 1 N–H and O–H groups in total. The number of ether oxygens (including phenoxy) is 1. The standard InChI is InChI=1S/C24H24FN3O3/c25-20-9-5-4-8-18(20)14-28(23(29)11-10-17-6-2-1-3-7-17)15-22-26-21-12-13-31-16-19(21)24(30)27-22/h1-9H,10-16H2,(H,26,27,30). The molecule has 1 aliphatic heterocycles. The molecule has 1 aliphatic rings. The van der Waals surface area contributed by atoms with Crippen molar-refractivity contribution >= 4 is 5.91 Å². The molecule has 1 aromatic heterocycles. The van der Waals surface area contributed by atoms with E-state index in [2.05, 4.69) is 9.97 Å². The van der Waals surface area contributed by atoms with E-state index < -0.39 is 0 Å². The number of carbonyl (C=O) groups is 1. The van der Waals surface area contributed by atoms with Gasteiger partial charge in [-0.15, -0.1) is 0 Å². The summed E-state index contributed by atoms with van der Waals surface area (Å²) in [7, 11) is 0. The molecule has 31 heavy (non-hydrogen) atoms. The van der Waals surface area contributed by atoms with Crippen LogP contribution in [0.1, 0.15) is 34.6 Å². The van der Waals surface area contributed by atoms with Gasteiger partial charge in [0.2, 0.25) is 5.91 Å². The van der Waals surface area contributed by atoms with Crippen molar-refractivity contribution in [3.05, 3.63) is 99.0 Å². The minimum Gasteiger partial charge on any atom is -0.376 e. The molecular weight excluding hydrogens is 397 g/mol. The summed E-state index contributed by atoms with van der Waals surface area (Å²) in [6.07, 6.45) is 1.42. The number of hydrogen-bond acceptors (Lipinski definition) is 4. The van der Waals surface area contributed by atoms with Crippen LogP contribution in [0.4, 0.5) is 4.39 Å². The smallest absolute Gasteiger partial charge is 0.256 e. The van der Waals surface area contributed by atoms with E-state index in [1.807, 2.05) is 30.3 Å². The minimum absolute atomic E-state index is 0.101. The Hall–Kier alpha value is -3.32. The number of fused-ring (bicyclic) bond motifs is 1. The number of amides is 1. The highest BCUT2D eigenvalue weighted by molar-refractivity contribution is 5.76. The van der Waals surface area contributed by atoms with Crippen LogP contribution in [0.2, 0.25) is 0 Å². The number of carbonyl (C=O) groups excluding carboxylic acids is 1. The maximum atomic E-state index is 14.3. The fourth-order valence-corrected chi connectivity index (χ4v) is 3.67. The van der Waals surface area contributed by atoms with Crippen molar-refractivity contribution in [2.45, 2.75) is 39.0 Å². The molecule has 2 heterocycles. The lowest BCUT2D eigenvalue weighted by molar-refractivity contribution is -0.132. The third kappa shape index (κ3) is 5.24. The molecule has 2 aromatic carbocycles. The highest BCUT2D eigenvalue weighted by Crippen LogP contribution is 2.16. The van der Waals surface area contributed by atoms with Crippen LogP contribution in [-0.2, 0) is 42.1 Å². The Morgan fingerprint density at radius 3 is 2.68 bits per heavy atom. The number of halogens is 1. The van der Waals surface area contributed by atoms with Gasteiger partial charge in [0, 0.05) is 24.9 Å². The second-order valence-electron chi connectivity index (χ2n) is 7.57. The molecular formula is C24H24FN3O3. The van der Waals surface area contributed by atoms with E-state index in [1.165, 1.54) is 6.07 Å². The molecule has 0 atom stereocenters. The largest absolute Gasteiger partial charge is 0.376 e. The highest BCUT2D eigenvalue weighted by atomic mass is 19.1. The van der Waals surface area contributed by atoms with Gasteiger partial charge in [0.15, 0.2) is 0 Å². The Morgan fingerprint density at radius 2 is 1.87 bits per heavy atom. The Morgan fingerprint density at radius 1 is 1.10 bits per heavy atom. The minimum atomic E-state index is -0.368. The number of benzene rings is 2. The zero-order valence-corrected chi connectivity index (χ0v) is 17.1. The van der Waals surface area contributed by atoms with Gasteiger partial charge in [-0.1, -0.05) is 48.5 Å². The summed E-state index contributed by atoms with van der Waals surface area (Å²) in [5.41, 5.74) is 2.46. The first-order chi connectivity index (χ1) is 15.1. The lowest BCUT2D eigenvalue weighted by Gasteiger charge is -2.24. The van der Waals surface area contributed by atoms with E-state index >= 15 is 0 Å². The summed E-state index contributed by atoms with van der Waals surface area (Å²) in [6.45, 7) is 0.959. The van der Waals surface area contributed by atoms with Crippen molar-refractivity contribution in [3.63, 3.8) is 0 Å². The molecule has 0 saturated heterocycles. The summed E-state index contributed by atoms with van der Waals surface area (Å²) in [5.74, 6) is -0.0988. The molecule has 0 radical (unpaired) electrons. The Kier molecular flexibility index (Phi) is 6.52. The van der Waals surface area contributed by atoms with Crippen molar-refractivity contribution in [2.24, 2.45) is 0 Å². The monoisotopic (exact) mass is 421 g/mol. The van der Waals surface area contributed by atoms with Gasteiger partial charge in [0.1, 0.15) is 11.6 Å². The normalized spacial score (nSPS) is 12.9. The van der Waals surface area contributed by atoms with E-state index in [-0.39, 0.29) is 43.4 Å². The molecule has 3 aromatic rings. The number of aromatic nitrogens is 2. The van der Waals surface area contributed by atoms with Gasteiger partial charge in [-0.05, 0) is 18.1 Å². The molecule has 4 rings (SSSR count). The maximum Gasteiger partial charge on any atom is 0.256 e. The van der Waals surface area contributed by atoms with Crippen molar-refractivity contribution in [2.75, 3.05) is 6.61 Å². The number of hydrogen-bond donors (Lipinski definition) is 1. The quantitative estimate of drug-likeness (QED) is 0.636. The number of H-pyrrole nitrogens is 1. The molecule has 0 spiro atoms. The zero-order valence-electron chi connectivity index (χ0n) is 17.1. The topological polar surface area (TPSA) is 75.3 Å². The van der Waals surface area contributed by atoms with Gasteiger partial charge in [0.25, 0.3) is 5.56 Å². The van der Waals surface area contributed by atoms with E-state index in [9.17, 15) is 14.0 Å². The van der Waals surface area contributed by atoms with Gasteiger partial charge in [-0.3, -0.25) is 9.59 Å². The fourth-order valence-electron chi connectivity index (χ4n) is 3.67. The van der Waals surface area contributed by atoms with Crippen LogP contribution >= 0.6 is 0 Å². The summed E-state index contributed by atoms with van der Waals surface area (Å²) in [6, 6.07) is 16.1. The lowest BCUT2D eigenvalue weighted by atomic mass is 10.1. The van der Waals surface area contributed by atoms with Gasteiger partial charge in [-0.25, -0.2) is 9.37 Å². The first-order valence-electron chi connectivity index (χ1n) is 10.3. The molecule has 0 fully saturated rings. The maximum absolute atomic E-state index is 14.3. The predicted molar refractivity (Wildman–Crippen MR) is 114 cm³/mol. The van der Waals surface area contributed by atoms with E-state index in [1.54, 1.807) is 23.1 Å². The number of rotatable bonds is 7. The Labute approximate surface area is 179 Å².